The molecule has 0 spiro atoms. The minimum Gasteiger partial charge on any atom is -0.454 e. The van der Waals surface area contributed by atoms with Crippen molar-refractivity contribution < 1.29 is 14.0 Å². The lowest BCUT2D eigenvalue weighted by Gasteiger charge is -2.15. The number of hydrazine groups is 1. The summed E-state index contributed by atoms with van der Waals surface area (Å²) in [6.45, 7) is 0. The van der Waals surface area contributed by atoms with Gasteiger partial charge in [-0.05, 0) is 42.0 Å². The largest absolute Gasteiger partial charge is 0.454 e. The van der Waals surface area contributed by atoms with E-state index in [1.807, 2.05) is 60.7 Å². The van der Waals surface area contributed by atoms with Gasteiger partial charge in [0.2, 0.25) is 5.91 Å². The number of hydrogen-bond acceptors (Lipinski definition) is 7. The topological polar surface area (TPSA) is 75.4 Å². The van der Waals surface area contributed by atoms with E-state index in [2.05, 4.69) is 10.4 Å². The molecule has 1 fully saturated rings. The molecule has 0 radical (unpaired) electrons. The monoisotopic (exact) mass is 477 g/mol. The van der Waals surface area contributed by atoms with Crippen molar-refractivity contribution in [2.75, 3.05) is 0 Å². The molecule has 1 aliphatic rings. The average molecular weight is 478 g/mol. The summed E-state index contributed by atoms with van der Waals surface area (Å²) in [5.74, 6) is 0.434. The first kappa shape index (κ1) is 20.6. The van der Waals surface area contributed by atoms with Crippen LogP contribution in [0.2, 0.25) is 0 Å². The number of nitrogens with one attached hydrogen (secondary N) is 1. The van der Waals surface area contributed by atoms with Gasteiger partial charge in [-0.3, -0.25) is 15.0 Å². The van der Waals surface area contributed by atoms with Crippen LogP contribution in [-0.2, 0) is 16.0 Å². The zero-order chi connectivity index (χ0) is 22.1. The molecule has 0 saturated carbocycles. The predicted molar refractivity (Wildman–Crippen MR) is 131 cm³/mol. The van der Waals surface area contributed by atoms with E-state index in [4.69, 9.17) is 16.6 Å². The number of aromatic nitrogens is 1. The Morgan fingerprint density at radius 2 is 1.88 bits per heavy atom. The first-order valence-corrected chi connectivity index (χ1v) is 11.7. The fourth-order valence-electron chi connectivity index (χ4n) is 3.16. The number of carbonyl (C=O) groups is 2. The Kier molecular flexibility index (Phi) is 5.60. The van der Waals surface area contributed by atoms with Crippen LogP contribution in [0.1, 0.15) is 11.3 Å². The van der Waals surface area contributed by atoms with Crippen LogP contribution >= 0.6 is 35.3 Å². The summed E-state index contributed by atoms with van der Waals surface area (Å²) >= 11 is 7.94. The molecule has 3 heterocycles. The van der Waals surface area contributed by atoms with Crippen molar-refractivity contribution in [1.82, 2.24) is 15.4 Å². The van der Waals surface area contributed by atoms with E-state index in [0.29, 0.717) is 16.4 Å². The number of fused-ring (bicyclic) bond motifs is 1. The Hall–Kier alpha value is -3.27. The molecule has 1 saturated heterocycles. The van der Waals surface area contributed by atoms with Crippen molar-refractivity contribution >= 4 is 67.7 Å². The van der Waals surface area contributed by atoms with E-state index in [9.17, 15) is 9.59 Å². The minimum atomic E-state index is -0.389. The number of furan rings is 1. The number of benzene rings is 2. The molecule has 5 rings (SSSR count). The number of hydrogen-bond donors (Lipinski definition) is 1. The van der Waals surface area contributed by atoms with Crippen molar-refractivity contribution in [2.45, 2.75) is 6.42 Å². The van der Waals surface area contributed by atoms with Gasteiger partial charge >= 0.3 is 0 Å². The summed E-state index contributed by atoms with van der Waals surface area (Å²) in [6, 6.07) is 20.8. The van der Waals surface area contributed by atoms with Gasteiger partial charge in [-0.25, -0.2) is 4.98 Å². The molecule has 2 aromatic carbocycles. The standard InChI is InChI=1S/C23H15N3O3S3/c27-20(12-14-6-2-1-3-7-14)25-26-22(28)19(32-23(26)30)13-15-10-11-17(29-15)21-24-16-8-4-5-9-18(16)31-21/h1-11,13H,12H2,(H,25,27)/b19-13-. The van der Waals surface area contributed by atoms with Gasteiger partial charge in [-0.15, -0.1) is 11.3 Å². The summed E-state index contributed by atoms with van der Waals surface area (Å²) < 4.78 is 7.24. The van der Waals surface area contributed by atoms with E-state index in [0.717, 1.165) is 37.6 Å². The van der Waals surface area contributed by atoms with Crippen LogP contribution in [0.3, 0.4) is 0 Å². The highest BCUT2D eigenvalue weighted by molar-refractivity contribution is 8.26. The number of nitrogens with zero attached hydrogens (tertiary/aromatic N) is 2. The van der Waals surface area contributed by atoms with Crippen LogP contribution in [0.5, 0.6) is 0 Å². The number of amides is 2. The molecule has 9 heteroatoms. The van der Waals surface area contributed by atoms with E-state index >= 15 is 0 Å². The molecule has 0 unspecified atom stereocenters. The Morgan fingerprint density at radius 3 is 2.69 bits per heavy atom. The SMILES string of the molecule is O=C(Cc1ccccc1)NN1C(=O)/C(=C/c2ccc(-c3nc4ccccc4s3)o2)SC1=S. The quantitative estimate of drug-likeness (QED) is 0.321. The fourth-order valence-corrected chi connectivity index (χ4v) is 5.25. The summed E-state index contributed by atoms with van der Waals surface area (Å²) in [4.78, 5) is 30.1. The lowest BCUT2D eigenvalue weighted by Crippen LogP contribution is -2.45. The first-order chi connectivity index (χ1) is 15.6. The molecule has 1 aliphatic heterocycles. The van der Waals surface area contributed by atoms with Gasteiger partial charge in [0.15, 0.2) is 15.1 Å². The predicted octanol–water partition coefficient (Wildman–Crippen LogP) is 5.03. The van der Waals surface area contributed by atoms with Crippen LogP contribution in [0, 0.1) is 0 Å². The molecule has 0 aliphatic carbocycles. The summed E-state index contributed by atoms with van der Waals surface area (Å²) in [5, 5.41) is 1.88. The van der Waals surface area contributed by atoms with Crippen molar-refractivity contribution in [3.05, 3.63) is 83.0 Å². The average Bonchev–Trinajstić information content (AvgIpc) is 3.49. The zero-order valence-corrected chi connectivity index (χ0v) is 18.9. The number of para-hydroxylation sites is 1. The number of thiazole rings is 1. The van der Waals surface area contributed by atoms with Crippen LogP contribution < -0.4 is 5.43 Å². The van der Waals surface area contributed by atoms with Crippen LogP contribution in [0.25, 0.3) is 27.1 Å². The second kappa shape index (κ2) is 8.70. The van der Waals surface area contributed by atoms with Gasteiger partial charge in [0, 0.05) is 6.08 Å². The van der Waals surface area contributed by atoms with Crippen molar-refractivity contribution in [1.29, 1.82) is 0 Å². The highest BCUT2D eigenvalue weighted by Gasteiger charge is 2.33. The Morgan fingerprint density at radius 1 is 1.09 bits per heavy atom. The van der Waals surface area contributed by atoms with Gasteiger partial charge in [0.1, 0.15) is 5.76 Å². The van der Waals surface area contributed by atoms with Crippen LogP contribution in [-0.4, -0.2) is 26.1 Å². The van der Waals surface area contributed by atoms with Crippen LogP contribution in [0.15, 0.2) is 76.1 Å². The number of thioether (sulfide) groups is 1. The molecule has 0 bridgehead atoms. The molecule has 0 atom stereocenters. The molecular weight excluding hydrogens is 462 g/mol. The number of thiocarbonyl (C=S) groups is 1. The van der Waals surface area contributed by atoms with Gasteiger partial charge in [0.25, 0.3) is 5.91 Å². The lowest BCUT2D eigenvalue weighted by molar-refractivity contribution is -0.132. The minimum absolute atomic E-state index is 0.153. The third-order valence-corrected chi connectivity index (χ3v) is 7.00. The van der Waals surface area contributed by atoms with Crippen molar-refractivity contribution in [3.63, 3.8) is 0 Å². The smallest absolute Gasteiger partial charge is 0.285 e. The Bertz CT molecular complexity index is 1340. The lowest BCUT2D eigenvalue weighted by atomic mass is 10.1. The molecule has 4 aromatic rings. The molecule has 32 heavy (non-hydrogen) atoms. The van der Waals surface area contributed by atoms with E-state index < -0.39 is 0 Å². The third-order valence-electron chi connectivity index (χ3n) is 4.64. The van der Waals surface area contributed by atoms with Crippen molar-refractivity contribution in [2.24, 2.45) is 0 Å². The maximum absolute atomic E-state index is 12.8. The molecular formula is C23H15N3O3S3. The highest BCUT2D eigenvalue weighted by atomic mass is 32.2. The van der Waals surface area contributed by atoms with Gasteiger partial charge in [-0.2, -0.15) is 5.01 Å². The van der Waals surface area contributed by atoms with Gasteiger partial charge < -0.3 is 4.42 Å². The maximum atomic E-state index is 12.8. The number of carbonyl (C=O) groups excluding carboxylic acids is 2. The van der Waals surface area contributed by atoms with E-state index in [-0.39, 0.29) is 22.6 Å². The normalized spacial score (nSPS) is 15.1. The van der Waals surface area contributed by atoms with Crippen LogP contribution in [0.4, 0.5) is 0 Å². The highest BCUT2D eigenvalue weighted by Crippen LogP contribution is 2.34. The van der Waals surface area contributed by atoms with Gasteiger partial charge in [0.05, 0.1) is 21.5 Å². The second-order valence-electron chi connectivity index (χ2n) is 6.90. The zero-order valence-electron chi connectivity index (χ0n) is 16.5. The molecule has 158 valence electrons. The third kappa shape index (κ3) is 4.22. The molecule has 2 amide bonds. The second-order valence-corrected chi connectivity index (χ2v) is 9.61. The molecule has 1 N–H and O–H groups in total. The molecule has 2 aromatic heterocycles. The van der Waals surface area contributed by atoms with E-state index in [1.54, 1.807) is 23.5 Å². The molecule has 6 nitrogen and oxygen atoms in total. The summed E-state index contributed by atoms with van der Waals surface area (Å²) in [6.07, 6.45) is 1.78. The Balaban J connectivity index is 1.30. The van der Waals surface area contributed by atoms with Gasteiger partial charge in [-0.1, -0.05) is 54.2 Å². The fraction of sp³-hybridized carbons (Fsp3) is 0.0435. The van der Waals surface area contributed by atoms with Crippen molar-refractivity contribution in [3.8, 4) is 10.8 Å². The Labute approximate surface area is 196 Å². The first-order valence-electron chi connectivity index (χ1n) is 9.64. The maximum Gasteiger partial charge on any atom is 0.285 e. The number of rotatable bonds is 5. The van der Waals surface area contributed by atoms with E-state index in [1.165, 1.54) is 0 Å². The summed E-state index contributed by atoms with van der Waals surface area (Å²) in [7, 11) is 0. The summed E-state index contributed by atoms with van der Waals surface area (Å²) in [5.41, 5.74) is 4.36.